The Morgan fingerprint density at radius 3 is 2.42 bits per heavy atom. The Balaban J connectivity index is 1.92. The molecule has 102 valence electrons. The summed E-state index contributed by atoms with van der Waals surface area (Å²) in [5.74, 6) is 0. The maximum Gasteiger partial charge on any atom is 0.175 e. The molecule has 0 bridgehead atoms. The van der Waals surface area contributed by atoms with Gasteiger partial charge in [-0.15, -0.1) is 0 Å². The summed E-state index contributed by atoms with van der Waals surface area (Å²) in [5, 5.41) is 10.1. The lowest BCUT2D eigenvalue weighted by molar-refractivity contribution is 0.602. The lowest BCUT2D eigenvalue weighted by atomic mass is 10.2. The van der Waals surface area contributed by atoms with E-state index in [1.54, 1.807) is 18.3 Å². The second kappa shape index (κ2) is 5.54. The summed E-state index contributed by atoms with van der Waals surface area (Å²) < 4.78 is 22.7. The van der Waals surface area contributed by atoms with Crippen LogP contribution in [0.3, 0.4) is 0 Å². The lowest BCUT2D eigenvalue weighted by Gasteiger charge is -2.05. The molecule has 0 atom stereocenters. The minimum Gasteiger partial charge on any atom is -0.308 e. The number of hydrogen-bond acceptors (Lipinski definition) is 4. The molecule has 1 aromatic carbocycles. The Bertz CT molecular complexity index is 645. The molecule has 2 aromatic rings. The number of sulfone groups is 1. The number of H-pyrrole nitrogens is 1. The summed E-state index contributed by atoms with van der Waals surface area (Å²) in [6.07, 6.45) is 3.01. The zero-order valence-electron chi connectivity index (χ0n) is 11.0. The summed E-state index contributed by atoms with van der Waals surface area (Å²) >= 11 is 0. The highest BCUT2D eigenvalue weighted by Crippen LogP contribution is 2.10. The van der Waals surface area contributed by atoms with E-state index < -0.39 is 9.84 Å². The van der Waals surface area contributed by atoms with Gasteiger partial charge in [-0.2, -0.15) is 5.10 Å². The third-order valence-electron chi connectivity index (χ3n) is 2.93. The number of rotatable bonds is 5. The number of nitrogens with zero attached hydrogens (tertiary/aromatic N) is 1. The number of aryl methyl sites for hydroxylation is 1. The minimum absolute atomic E-state index is 0.349. The fourth-order valence-electron chi connectivity index (χ4n) is 1.75. The van der Waals surface area contributed by atoms with Gasteiger partial charge in [-0.3, -0.25) is 5.10 Å². The molecule has 1 aromatic heterocycles. The molecule has 0 saturated heterocycles. The van der Waals surface area contributed by atoms with E-state index >= 15 is 0 Å². The third kappa shape index (κ3) is 3.65. The van der Waals surface area contributed by atoms with Gasteiger partial charge in [0.25, 0.3) is 0 Å². The van der Waals surface area contributed by atoms with E-state index in [0.717, 1.165) is 23.4 Å². The van der Waals surface area contributed by atoms with Gasteiger partial charge < -0.3 is 5.32 Å². The summed E-state index contributed by atoms with van der Waals surface area (Å²) in [6, 6.07) is 6.92. The smallest absolute Gasteiger partial charge is 0.175 e. The van der Waals surface area contributed by atoms with E-state index in [-0.39, 0.29) is 0 Å². The summed E-state index contributed by atoms with van der Waals surface area (Å²) in [4.78, 5) is 0.349. The van der Waals surface area contributed by atoms with Crippen LogP contribution in [0, 0.1) is 6.92 Å². The molecule has 19 heavy (non-hydrogen) atoms. The van der Waals surface area contributed by atoms with Gasteiger partial charge >= 0.3 is 0 Å². The highest BCUT2D eigenvalue weighted by Gasteiger charge is 2.06. The van der Waals surface area contributed by atoms with Crippen molar-refractivity contribution in [2.75, 3.05) is 6.26 Å². The first-order valence-corrected chi connectivity index (χ1v) is 7.84. The summed E-state index contributed by atoms with van der Waals surface area (Å²) in [6.45, 7) is 3.40. The molecule has 0 spiro atoms. The maximum absolute atomic E-state index is 11.3. The average Bonchev–Trinajstić information content (AvgIpc) is 2.75. The summed E-state index contributed by atoms with van der Waals surface area (Å²) in [7, 11) is -3.11. The second-order valence-corrected chi connectivity index (χ2v) is 6.56. The molecule has 0 unspecified atom stereocenters. The van der Waals surface area contributed by atoms with Crippen LogP contribution in [0.2, 0.25) is 0 Å². The molecule has 0 radical (unpaired) electrons. The Morgan fingerprint density at radius 1 is 1.21 bits per heavy atom. The number of benzene rings is 1. The molecule has 0 amide bonds. The van der Waals surface area contributed by atoms with Gasteiger partial charge in [0.15, 0.2) is 9.84 Å². The van der Waals surface area contributed by atoms with Crippen molar-refractivity contribution in [1.29, 1.82) is 0 Å². The van der Waals surface area contributed by atoms with Crippen molar-refractivity contribution in [3.63, 3.8) is 0 Å². The Hall–Kier alpha value is -1.66. The van der Waals surface area contributed by atoms with Gasteiger partial charge in [-0.1, -0.05) is 12.1 Å². The molecule has 6 heteroatoms. The van der Waals surface area contributed by atoms with E-state index in [1.807, 2.05) is 19.1 Å². The maximum atomic E-state index is 11.3. The van der Waals surface area contributed by atoms with Crippen LogP contribution in [-0.2, 0) is 22.9 Å². The van der Waals surface area contributed by atoms with Gasteiger partial charge in [-0.05, 0) is 24.6 Å². The SMILES string of the molecule is Cc1[nH]ncc1CNCc1ccc(S(C)(=O)=O)cc1. The Labute approximate surface area is 113 Å². The Kier molecular flexibility index (Phi) is 4.01. The minimum atomic E-state index is -3.11. The zero-order valence-corrected chi connectivity index (χ0v) is 11.8. The van der Waals surface area contributed by atoms with E-state index in [0.29, 0.717) is 11.4 Å². The molecule has 0 aliphatic carbocycles. The standard InChI is InChI=1S/C13H17N3O2S/c1-10-12(9-15-16-10)8-14-7-11-3-5-13(6-4-11)19(2,17)18/h3-6,9,14H,7-8H2,1-2H3,(H,15,16). The van der Waals surface area contributed by atoms with Gasteiger partial charge in [-0.25, -0.2) is 8.42 Å². The largest absolute Gasteiger partial charge is 0.308 e. The molecule has 0 fully saturated rings. The average molecular weight is 279 g/mol. The van der Waals surface area contributed by atoms with Crippen molar-refractivity contribution < 1.29 is 8.42 Å². The van der Waals surface area contributed by atoms with Gasteiger partial charge in [0, 0.05) is 30.6 Å². The molecule has 2 rings (SSSR count). The van der Waals surface area contributed by atoms with Crippen LogP contribution in [0.1, 0.15) is 16.8 Å². The molecule has 1 heterocycles. The quantitative estimate of drug-likeness (QED) is 0.868. The predicted octanol–water partition coefficient (Wildman–Crippen LogP) is 1.41. The fraction of sp³-hybridized carbons (Fsp3) is 0.308. The van der Waals surface area contributed by atoms with E-state index in [4.69, 9.17) is 0 Å². The van der Waals surface area contributed by atoms with Gasteiger partial charge in [0.05, 0.1) is 11.1 Å². The van der Waals surface area contributed by atoms with E-state index in [2.05, 4.69) is 15.5 Å². The highest BCUT2D eigenvalue weighted by molar-refractivity contribution is 7.90. The van der Waals surface area contributed by atoms with Crippen LogP contribution in [0.5, 0.6) is 0 Å². The van der Waals surface area contributed by atoms with Crippen LogP contribution in [0.25, 0.3) is 0 Å². The molecule has 0 saturated carbocycles. The van der Waals surface area contributed by atoms with Crippen molar-refractivity contribution in [3.8, 4) is 0 Å². The van der Waals surface area contributed by atoms with Gasteiger partial charge in [0.1, 0.15) is 0 Å². The van der Waals surface area contributed by atoms with Crippen LogP contribution in [-0.4, -0.2) is 24.9 Å². The predicted molar refractivity (Wildman–Crippen MR) is 73.4 cm³/mol. The molecule has 0 aliphatic rings. The second-order valence-electron chi connectivity index (χ2n) is 4.54. The lowest BCUT2D eigenvalue weighted by Crippen LogP contribution is -2.13. The number of nitrogens with one attached hydrogen (secondary N) is 2. The Morgan fingerprint density at radius 2 is 1.89 bits per heavy atom. The molecule has 2 N–H and O–H groups in total. The monoisotopic (exact) mass is 279 g/mol. The number of hydrogen-bond donors (Lipinski definition) is 2. The normalized spacial score (nSPS) is 11.7. The van der Waals surface area contributed by atoms with Crippen LogP contribution < -0.4 is 5.32 Å². The molecule has 0 aliphatic heterocycles. The first-order chi connectivity index (χ1) is 8.97. The zero-order chi connectivity index (χ0) is 13.9. The summed E-state index contributed by atoms with van der Waals surface area (Å²) in [5.41, 5.74) is 3.24. The highest BCUT2D eigenvalue weighted by atomic mass is 32.2. The van der Waals surface area contributed by atoms with Crippen LogP contribution in [0.15, 0.2) is 35.4 Å². The topological polar surface area (TPSA) is 74.8 Å². The van der Waals surface area contributed by atoms with Crippen molar-refractivity contribution in [3.05, 3.63) is 47.3 Å². The third-order valence-corrected chi connectivity index (χ3v) is 4.06. The van der Waals surface area contributed by atoms with Crippen molar-refractivity contribution in [1.82, 2.24) is 15.5 Å². The fourth-order valence-corrected chi connectivity index (χ4v) is 2.38. The van der Waals surface area contributed by atoms with Crippen molar-refractivity contribution in [2.45, 2.75) is 24.9 Å². The van der Waals surface area contributed by atoms with Crippen molar-refractivity contribution in [2.24, 2.45) is 0 Å². The van der Waals surface area contributed by atoms with E-state index in [1.165, 1.54) is 6.26 Å². The first-order valence-electron chi connectivity index (χ1n) is 5.95. The first kappa shape index (κ1) is 13.8. The van der Waals surface area contributed by atoms with Crippen LogP contribution in [0.4, 0.5) is 0 Å². The molecular formula is C13H17N3O2S. The molecular weight excluding hydrogens is 262 g/mol. The van der Waals surface area contributed by atoms with Crippen molar-refractivity contribution >= 4 is 9.84 Å². The number of aromatic amines is 1. The molecule has 5 nitrogen and oxygen atoms in total. The van der Waals surface area contributed by atoms with E-state index in [9.17, 15) is 8.42 Å². The number of aromatic nitrogens is 2. The van der Waals surface area contributed by atoms with Gasteiger partial charge in [0.2, 0.25) is 0 Å². The van der Waals surface area contributed by atoms with Crippen LogP contribution >= 0.6 is 0 Å².